The Hall–Kier alpha value is -2.17. The predicted molar refractivity (Wildman–Crippen MR) is 75.2 cm³/mol. The molecule has 3 rings (SSSR count). The minimum Gasteiger partial charge on any atom is -0.294 e. The molecule has 0 atom stereocenters. The topological polar surface area (TPSA) is 63.6 Å². The molecule has 0 unspecified atom stereocenters. The van der Waals surface area contributed by atoms with Crippen LogP contribution in [0.5, 0.6) is 0 Å². The zero-order valence-corrected chi connectivity index (χ0v) is 10.9. The van der Waals surface area contributed by atoms with Crippen molar-refractivity contribution in [3.63, 3.8) is 0 Å². The largest absolute Gasteiger partial charge is 0.294 e. The van der Waals surface area contributed by atoms with Crippen molar-refractivity contribution in [1.29, 1.82) is 0 Å². The molecule has 0 spiro atoms. The molecule has 19 heavy (non-hydrogen) atoms. The summed E-state index contributed by atoms with van der Waals surface area (Å²) in [6.07, 6.45) is 8.35. The van der Waals surface area contributed by atoms with Gasteiger partial charge in [-0.25, -0.2) is 0 Å². The molecule has 5 heteroatoms. The minimum absolute atomic E-state index is 0.0114. The smallest absolute Gasteiger partial charge is 0.275 e. The van der Waals surface area contributed by atoms with Crippen LogP contribution in [0, 0.1) is 0 Å². The third-order valence-electron chi connectivity index (χ3n) is 3.38. The molecule has 0 radical (unpaired) electrons. The first-order valence-electron chi connectivity index (χ1n) is 6.62. The van der Waals surface area contributed by atoms with Crippen molar-refractivity contribution in [2.45, 2.75) is 32.7 Å². The predicted octanol–water partition coefficient (Wildman–Crippen LogP) is 2.46. The molecule has 0 aliphatic rings. The average Bonchev–Trinajstić information content (AvgIpc) is 2.77. The Bertz CT molecular complexity index is 772. The molecular weight excluding hydrogens is 240 g/mol. The lowest BCUT2D eigenvalue weighted by atomic mass is 10.2. The van der Waals surface area contributed by atoms with E-state index >= 15 is 0 Å². The minimum atomic E-state index is 0.0114. The highest BCUT2D eigenvalue weighted by Crippen LogP contribution is 2.18. The normalized spacial score (nSPS) is 11.4. The maximum absolute atomic E-state index is 12.2. The molecule has 1 N–H and O–H groups in total. The summed E-state index contributed by atoms with van der Waals surface area (Å²) in [6.45, 7) is 2.88. The van der Waals surface area contributed by atoms with Gasteiger partial charge in [-0.05, 0) is 12.5 Å². The summed E-state index contributed by atoms with van der Waals surface area (Å²) in [5.41, 5.74) is 1.67. The molecule has 5 nitrogen and oxygen atoms in total. The van der Waals surface area contributed by atoms with Crippen LogP contribution < -0.4 is 5.56 Å². The molecule has 0 amide bonds. The zero-order valence-electron chi connectivity index (χ0n) is 10.9. The van der Waals surface area contributed by atoms with E-state index in [0.29, 0.717) is 5.39 Å². The van der Waals surface area contributed by atoms with E-state index in [1.807, 2.05) is 6.07 Å². The quantitative estimate of drug-likeness (QED) is 0.729. The van der Waals surface area contributed by atoms with Crippen LogP contribution in [0.3, 0.4) is 0 Å². The van der Waals surface area contributed by atoms with Crippen LogP contribution >= 0.6 is 0 Å². The Balaban J connectivity index is 2.14. The van der Waals surface area contributed by atoms with Crippen molar-refractivity contribution in [2.75, 3.05) is 0 Å². The molecule has 3 aromatic rings. The van der Waals surface area contributed by atoms with Crippen molar-refractivity contribution in [2.24, 2.45) is 0 Å². The van der Waals surface area contributed by atoms with Gasteiger partial charge in [0.2, 0.25) is 0 Å². The number of aromatic amines is 1. The number of hydrogen-bond donors (Lipinski definition) is 1. The highest BCUT2D eigenvalue weighted by Gasteiger charge is 2.10. The lowest BCUT2D eigenvalue weighted by Gasteiger charge is -1.99. The number of hydrogen-bond acceptors (Lipinski definition) is 3. The number of unbranched alkanes of at least 4 members (excludes halogenated alkanes) is 2. The Labute approximate surface area is 110 Å². The van der Waals surface area contributed by atoms with E-state index in [0.717, 1.165) is 42.2 Å². The zero-order chi connectivity index (χ0) is 13.2. The molecule has 0 aromatic carbocycles. The van der Waals surface area contributed by atoms with E-state index in [1.165, 1.54) is 0 Å². The number of H-pyrrole nitrogens is 1. The first-order chi connectivity index (χ1) is 9.31. The van der Waals surface area contributed by atoms with Gasteiger partial charge in [0, 0.05) is 24.3 Å². The second-order valence-electron chi connectivity index (χ2n) is 4.72. The van der Waals surface area contributed by atoms with Crippen LogP contribution in [0.15, 0.2) is 29.5 Å². The Morgan fingerprint density at radius 3 is 3.00 bits per heavy atom. The first kappa shape index (κ1) is 11.9. The summed E-state index contributed by atoms with van der Waals surface area (Å²) < 4.78 is 1.68. The van der Waals surface area contributed by atoms with Crippen molar-refractivity contribution in [1.82, 2.24) is 19.7 Å². The van der Waals surface area contributed by atoms with Gasteiger partial charge in [-0.1, -0.05) is 19.8 Å². The highest BCUT2D eigenvalue weighted by molar-refractivity contribution is 6.02. The van der Waals surface area contributed by atoms with Gasteiger partial charge in [0.25, 0.3) is 5.56 Å². The molecule has 3 aromatic heterocycles. The van der Waals surface area contributed by atoms with E-state index in [1.54, 1.807) is 23.3 Å². The van der Waals surface area contributed by atoms with Crippen molar-refractivity contribution < 1.29 is 0 Å². The number of pyridine rings is 2. The van der Waals surface area contributed by atoms with E-state index < -0.39 is 0 Å². The number of nitrogens with zero attached hydrogens (tertiary/aromatic N) is 3. The van der Waals surface area contributed by atoms with Crippen LogP contribution in [-0.4, -0.2) is 19.7 Å². The van der Waals surface area contributed by atoms with Gasteiger partial charge in [0.05, 0.1) is 22.6 Å². The van der Waals surface area contributed by atoms with Gasteiger partial charge < -0.3 is 0 Å². The summed E-state index contributed by atoms with van der Waals surface area (Å²) in [7, 11) is 0. The van der Waals surface area contributed by atoms with Crippen molar-refractivity contribution >= 4 is 21.8 Å². The number of nitrogens with one attached hydrogen (secondary N) is 1. The van der Waals surface area contributed by atoms with Crippen LogP contribution in [0.25, 0.3) is 21.8 Å². The maximum atomic E-state index is 12.2. The molecule has 0 aliphatic heterocycles. The van der Waals surface area contributed by atoms with Gasteiger partial charge in [-0.2, -0.15) is 0 Å². The average molecular weight is 256 g/mol. The number of fused-ring (bicyclic) bond motifs is 3. The molecule has 98 valence electrons. The van der Waals surface area contributed by atoms with Crippen LogP contribution in [0.2, 0.25) is 0 Å². The Morgan fingerprint density at radius 2 is 2.16 bits per heavy atom. The van der Waals surface area contributed by atoms with Crippen LogP contribution in [0.1, 0.15) is 26.2 Å². The molecule has 0 bridgehead atoms. The molecule has 0 fully saturated rings. The maximum Gasteiger partial charge on any atom is 0.275 e. The van der Waals surface area contributed by atoms with Crippen LogP contribution in [0.4, 0.5) is 0 Å². The fourth-order valence-electron chi connectivity index (χ4n) is 2.34. The van der Waals surface area contributed by atoms with Gasteiger partial charge in [-0.3, -0.25) is 24.5 Å². The fraction of sp³-hybridized carbons (Fsp3) is 0.357. The second kappa shape index (κ2) is 4.84. The summed E-state index contributed by atoms with van der Waals surface area (Å²) in [5.74, 6) is 0. The molecule has 0 saturated heterocycles. The van der Waals surface area contributed by atoms with Gasteiger partial charge in [0.15, 0.2) is 0 Å². The van der Waals surface area contributed by atoms with E-state index in [9.17, 15) is 4.79 Å². The van der Waals surface area contributed by atoms with Gasteiger partial charge in [0.1, 0.15) is 0 Å². The molecular formula is C14H16N4O. The Kier molecular flexibility index (Phi) is 3.03. The van der Waals surface area contributed by atoms with Crippen LogP contribution in [-0.2, 0) is 6.54 Å². The summed E-state index contributed by atoms with van der Waals surface area (Å²) >= 11 is 0. The van der Waals surface area contributed by atoms with Crippen molar-refractivity contribution in [3.8, 4) is 0 Å². The summed E-state index contributed by atoms with van der Waals surface area (Å²) in [6, 6.07) is 1.89. The standard InChI is InChI=1S/C14H16N4O/c1-2-3-4-7-18-14(19)11-8-16-12-9-15-6-5-10(12)13(11)17-18/h5-6,8-9,17H,2-4,7H2,1H3. The van der Waals surface area contributed by atoms with Gasteiger partial charge in [-0.15, -0.1) is 0 Å². The third kappa shape index (κ3) is 2.01. The van der Waals surface area contributed by atoms with E-state index in [4.69, 9.17) is 0 Å². The SMILES string of the molecule is CCCCCn1[nH]c2c(cnc3cnccc32)c1=O. The number of aryl methyl sites for hydroxylation is 1. The monoisotopic (exact) mass is 256 g/mol. The summed E-state index contributed by atoms with van der Waals surface area (Å²) in [4.78, 5) is 20.6. The molecule has 0 aliphatic carbocycles. The lowest BCUT2D eigenvalue weighted by molar-refractivity contribution is 0.545. The number of aromatic nitrogens is 4. The highest BCUT2D eigenvalue weighted by atomic mass is 16.1. The van der Waals surface area contributed by atoms with Crippen molar-refractivity contribution in [3.05, 3.63) is 35.0 Å². The number of rotatable bonds is 4. The summed E-state index contributed by atoms with van der Waals surface area (Å²) in [5, 5.41) is 4.79. The van der Waals surface area contributed by atoms with E-state index in [-0.39, 0.29) is 5.56 Å². The lowest BCUT2D eigenvalue weighted by Crippen LogP contribution is -2.16. The third-order valence-corrected chi connectivity index (χ3v) is 3.38. The molecule has 0 saturated carbocycles. The van der Waals surface area contributed by atoms with Gasteiger partial charge >= 0.3 is 0 Å². The first-order valence-corrected chi connectivity index (χ1v) is 6.62. The Morgan fingerprint density at radius 1 is 1.26 bits per heavy atom. The second-order valence-corrected chi connectivity index (χ2v) is 4.72. The molecule has 3 heterocycles. The van der Waals surface area contributed by atoms with E-state index in [2.05, 4.69) is 22.0 Å². The fourth-order valence-corrected chi connectivity index (χ4v) is 2.34.